The number of rotatable bonds is 5. The molecule has 8 heteroatoms. The molecule has 1 amide bonds. The van der Waals surface area contributed by atoms with Crippen LogP contribution in [0.2, 0.25) is 0 Å². The molecular formula is C24H23N7O. The minimum atomic E-state index is -0.251. The Morgan fingerprint density at radius 1 is 1.00 bits per heavy atom. The molecule has 1 atom stereocenters. The number of hydrogen-bond donors (Lipinski definition) is 1. The molecule has 1 aliphatic rings. The average Bonchev–Trinajstić information content (AvgIpc) is 3.50. The lowest BCUT2D eigenvalue weighted by molar-refractivity contribution is -0.117. The van der Waals surface area contributed by atoms with Crippen molar-refractivity contribution < 1.29 is 4.79 Å². The van der Waals surface area contributed by atoms with E-state index in [0.717, 1.165) is 47.6 Å². The largest absolute Gasteiger partial charge is 0.358 e. The number of nitrogens with zero attached hydrogens (tertiary/aromatic N) is 6. The highest BCUT2D eigenvalue weighted by molar-refractivity contribution is 5.96. The Labute approximate surface area is 186 Å². The molecule has 1 fully saturated rings. The fourth-order valence-electron chi connectivity index (χ4n) is 4.06. The highest BCUT2D eigenvalue weighted by Crippen LogP contribution is 2.28. The van der Waals surface area contributed by atoms with E-state index in [1.54, 1.807) is 29.5 Å². The monoisotopic (exact) mass is 425 g/mol. The van der Waals surface area contributed by atoms with Gasteiger partial charge in [-0.25, -0.2) is 4.98 Å². The molecule has 0 spiro atoms. The van der Waals surface area contributed by atoms with Gasteiger partial charge in [-0.15, -0.1) is 0 Å². The summed E-state index contributed by atoms with van der Waals surface area (Å²) in [4.78, 5) is 28.3. The van der Waals surface area contributed by atoms with Gasteiger partial charge >= 0.3 is 0 Å². The van der Waals surface area contributed by atoms with Crippen molar-refractivity contribution in [3.05, 3.63) is 73.4 Å². The van der Waals surface area contributed by atoms with Crippen LogP contribution < -0.4 is 10.2 Å². The molecule has 1 saturated heterocycles. The molecule has 5 heterocycles. The molecule has 5 rings (SSSR count). The highest BCUT2D eigenvalue weighted by Gasteiger charge is 2.31. The third-order valence-electron chi connectivity index (χ3n) is 5.73. The summed E-state index contributed by atoms with van der Waals surface area (Å²) in [6.07, 6.45) is 10.6. The third kappa shape index (κ3) is 3.94. The first-order valence-corrected chi connectivity index (χ1v) is 10.6. The van der Waals surface area contributed by atoms with E-state index in [-0.39, 0.29) is 11.9 Å². The number of aromatic nitrogens is 5. The van der Waals surface area contributed by atoms with Crippen LogP contribution in [0.3, 0.4) is 0 Å². The number of hydrogen-bond acceptors (Lipinski definition) is 6. The third-order valence-corrected chi connectivity index (χ3v) is 5.73. The molecule has 160 valence electrons. The number of nitrogens with one attached hydrogen (secondary N) is 1. The Morgan fingerprint density at radius 2 is 1.91 bits per heavy atom. The second kappa shape index (κ2) is 8.58. The molecule has 1 aliphatic heterocycles. The average molecular weight is 425 g/mol. The molecule has 32 heavy (non-hydrogen) atoms. The summed E-state index contributed by atoms with van der Waals surface area (Å²) in [6, 6.07) is 13.3. The molecule has 0 bridgehead atoms. The van der Waals surface area contributed by atoms with Gasteiger partial charge in [-0.3, -0.25) is 19.4 Å². The van der Waals surface area contributed by atoms with E-state index < -0.39 is 0 Å². The van der Waals surface area contributed by atoms with E-state index >= 15 is 0 Å². The number of aryl methyl sites for hydroxylation is 1. The van der Waals surface area contributed by atoms with Gasteiger partial charge in [0.2, 0.25) is 5.91 Å². The van der Waals surface area contributed by atoms with Crippen LogP contribution in [0, 0.1) is 0 Å². The van der Waals surface area contributed by atoms with Crippen LogP contribution in [0.25, 0.3) is 22.5 Å². The van der Waals surface area contributed by atoms with Crippen LogP contribution >= 0.6 is 0 Å². The van der Waals surface area contributed by atoms with Gasteiger partial charge in [0.25, 0.3) is 0 Å². The summed E-state index contributed by atoms with van der Waals surface area (Å²) < 4.78 is 1.79. The lowest BCUT2D eigenvalue weighted by atomic mass is 10.1. The number of pyridine rings is 3. The van der Waals surface area contributed by atoms with E-state index in [9.17, 15) is 4.79 Å². The van der Waals surface area contributed by atoms with E-state index in [0.29, 0.717) is 5.82 Å². The van der Waals surface area contributed by atoms with Crippen molar-refractivity contribution in [3.8, 4) is 22.5 Å². The molecule has 4 aromatic heterocycles. The predicted molar refractivity (Wildman–Crippen MR) is 123 cm³/mol. The predicted octanol–water partition coefficient (Wildman–Crippen LogP) is 3.55. The molecule has 0 unspecified atom stereocenters. The highest BCUT2D eigenvalue weighted by atomic mass is 16.2. The van der Waals surface area contributed by atoms with E-state index in [4.69, 9.17) is 0 Å². The molecule has 0 saturated carbocycles. The maximum atomic E-state index is 13.0. The minimum Gasteiger partial charge on any atom is -0.358 e. The van der Waals surface area contributed by atoms with Crippen molar-refractivity contribution in [1.29, 1.82) is 0 Å². The summed E-state index contributed by atoms with van der Waals surface area (Å²) in [5, 5.41) is 7.16. The van der Waals surface area contributed by atoms with Gasteiger partial charge in [-0.1, -0.05) is 6.07 Å². The lowest BCUT2D eigenvalue weighted by Crippen LogP contribution is -2.39. The van der Waals surface area contributed by atoms with Crippen LogP contribution in [-0.2, 0) is 11.8 Å². The summed E-state index contributed by atoms with van der Waals surface area (Å²) in [5.74, 6) is 0.485. The quantitative estimate of drug-likeness (QED) is 0.526. The van der Waals surface area contributed by atoms with Crippen molar-refractivity contribution in [2.45, 2.75) is 18.9 Å². The smallest absolute Gasteiger partial charge is 0.248 e. The molecule has 8 nitrogen and oxygen atoms in total. The van der Waals surface area contributed by atoms with Gasteiger partial charge in [-0.2, -0.15) is 5.10 Å². The summed E-state index contributed by atoms with van der Waals surface area (Å²) in [7, 11) is 1.89. The van der Waals surface area contributed by atoms with Crippen LogP contribution in [-0.4, -0.2) is 43.2 Å². The molecular weight excluding hydrogens is 402 g/mol. The second-order valence-electron chi connectivity index (χ2n) is 7.76. The molecule has 0 radical (unpaired) electrons. The van der Waals surface area contributed by atoms with E-state index in [2.05, 4.69) is 30.3 Å². The Bertz CT molecular complexity index is 1200. The normalized spacial score (nSPS) is 15.7. The number of carbonyl (C=O) groups excluding carboxylic acids is 1. The topological polar surface area (TPSA) is 88.8 Å². The van der Waals surface area contributed by atoms with Gasteiger partial charge in [0, 0.05) is 49.5 Å². The number of carbonyl (C=O) groups is 1. The first-order chi connectivity index (χ1) is 15.7. The van der Waals surface area contributed by atoms with Crippen LogP contribution in [0.5, 0.6) is 0 Å². The fraction of sp³-hybridized carbons (Fsp3) is 0.208. The maximum absolute atomic E-state index is 13.0. The fourth-order valence-corrected chi connectivity index (χ4v) is 4.06. The van der Waals surface area contributed by atoms with Crippen molar-refractivity contribution in [2.24, 2.45) is 7.05 Å². The van der Waals surface area contributed by atoms with Crippen molar-refractivity contribution >= 4 is 17.4 Å². The van der Waals surface area contributed by atoms with Gasteiger partial charge in [0.05, 0.1) is 23.3 Å². The molecule has 4 aromatic rings. The molecule has 1 N–H and O–H groups in total. The Balaban J connectivity index is 1.28. The van der Waals surface area contributed by atoms with E-state index in [1.165, 1.54) is 0 Å². The summed E-state index contributed by atoms with van der Waals surface area (Å²) in [5.41, 5.74) is 4.69. The van der Waals surface area contributed by atoms with Crippen molar-refractivity contribution in [1.82, 2.24) is 24.7 Å². The summed E-state index contributed by atoms with van der Waals surface area (Å²) >= 11 is 0. The standard InChI is InChI=1S/C24H23N7O/c1-30-21(10-12-28-30)20-8-7-19(16-26-20)31-13-3-5-22(31)24(32)29-23-9-6-18(15-27-23)17-4-2-11-25-14-17/h2,4,6-12,14-16,22H,3,5,13H2,1H3,(H,27,29,32)/t22-/m0/s1. The van der Waals surface area contributed by atoms with Gasteiger partial charge in [-0.05, 0) is 49.2 Å². The first kappa shape index (κ1) is 19.9. The van der Waals surface area contributed by atoms with Gasteiger partial charge in [0.1, 0.15) is 11.9 Å². The molecule has 0 aliphatic carbocycles. The van der Waals surface area contributed by atoms with Crippen LogP contribution in [0.15, 0.2) is 73.4 Å². The lowest BCUT2D eigenvalue weighted by Gasteiger charge is -2.25. The zero-order valence-corrected chi connectivity index (χ0v) is 17.7. The Morgan fingerprint density at radius 3 is 2.59 bits per heavy atom. The van der Waals surface area contributed by atoms with Gasteiger partial charge in [0.15, 0.2) is 0 Å². The van der Waals surface area contributed by atoms with E-state index in [1.807, 2.05) is 55.7 Å². The first-order valence-electron chi connectivity index (χ1n) is 10.6. The van der Waals surface area contributed by atoms with Crippen molar-refractivity contribution in [2.75, 3.05) is 16.8 Å². The molecule has 0 aromatic carbocycles. The SMILES string of the molecule is Cn1nccc1-c1ccc(N2CCC[C@H]2C(=O)Nc2ccc(-c3cccnc3)cn2)cn1. The zero-order chi connectivity index (χ0) is 21.9. The minimum absolute atomic E-state index is 0.0557. The van der Waals surface area contributed by atoms with Crippen LogP contribution in [0.4, 0.5) is 11.5 Å². The number of amides is 1. The number of anilines is 2. The zero-order valence-electron chi connectivity index (χ0n) is 17.7. The Hall–Kier alpha value is -4.07. The van der Waals surface area contributed by atoms with Gasteiger partial charge < -0.3 is 10.2 Å². The van der Waals surface area contributed by atoms with Crippen molar-refractivity contribution in [3.63, 3.8) is 0 Å². The maximum Gasteiger partial charge on any atom is 0.248 e. The second-order valence-corrected chi connectivity index (χ2v) is 7.76. The summed E-state index contributed by atoms with van der Waals surface area (Å²) in [6.45, 7) is 0.818. The Kier molecular flexibility index (Phi) is 5.33. The van der Waals surface area contributed by atoms with Crippen LogP contribution in [0.1, 0.15) is 12.8 Å².